The maximum atomic E-state index is 13.3. The van der Waals surface area contributed by atoms with Gasteiger partial charge in [-0.1, -0.05) is 18.2 Å². The van der Waals surface area contributed by atoms with Crippen LogP contribution in [0, 0.1) is 0 Å². The lowest BCUT2D eigenvalue weighted by Gasteiger charge is -2.23. The quantitative estimate of drug-likeness (QED) is 0.410. The summed E-state index contributed by atoms with van der Waals surface area (Å²) in [6, 6.07) is 7.16. The van der Waals surface area contributed by atoms with Crippen molar-refractivity contribution in [1.29, 1.82) is 0 Å². The molecule has 0 bridgehead atoms. The Hall–Kier alpha value is -2.96. The number of methoxy groups -OCH3 is 1. The molecule has 0 fully saturated rings. The van der Waals surface area contributed by atoms with Crippen LogP contribution in [0.25, 0.3) is 0 Å². The van der Waals surface area contributed by atoms with Crippen LogP contribution in [0.1, 0.15) is 22.7 Å². The highest BCUT2D eigenvalue weighted by atomic mass is 32.2. The largest absolute Gasteiger partial charge is 0.491 e. The number of para-hydroxylation sites is 1. The predicted octanol–water partition coefficient (Wildman–Crippen LogP) is 2.54. The number of ether oxygens (including phenoxy) is 2. The van der Waals surface area contributed by atoms with E-state index in [0.717, 1.165) is 11.3 Å². The van der Waals surface area contributed by atoms with Crippen molar-refractivity contribution in [2.75, 3.05) is 26.9 Å². The van der Waals surface area contributed by atoms with Crippen LogP contribution >= 0.6 is 11.9 Å². The summed E-state index contributed by atoms with van der Waals surface area (Å²) in [4.78, 5) is 15.6. The molecule has 1 aliphatic rings. The van der Waals surface area contributed by atoms with Gasteiger partial charge in [-0.2, -0.15) is 10.2 Å². The second-order valence-corrected chi connectivity index (χ2v) is 8.72. The number of halogens is 2. The van der Waals surface area contributed by atoms with Gasteiger partial charge in [-0.25, -0.2) is 12.9 Å². The lowest BCUT2D eigenvalue weighted by atomic mass is 9.97. The van der Waals surface area contributed by atoms with Gasteiger partial charge in [0.2, 0.25) is 5.91 Å². The fraction of sp³-hybridized carbons (Fsp3) is 0.409. The van der Waals surface area contributed by atoms with Gasteiger partial charge < -0.3 is 19.5 Å². The molecule has 4 rings (SSSR count). The standard InChI is InChI=1S/C22H25F2N5O4S/c1-32-6-7-33-20-5-3-2-4-17(20)18(14-30)22(31)27-9-15-10-29(26-19(15)12-27)34-16-8-25-28(11-16)13-21(23)24/h2-5,8,10-11,18,21,30H,6-7,9,12-14H2,1H3. The van der Waals surface area contributed by atoms with Crippen molar-refractivity contribution in [3.05, 3.63) is 59.7 Å². The van der Waals surface area contributed by atoms with Crippen molar-refractivity contribution in [2.45, 2.75) is 36.9 Å². The first-order valence-corrected chi connectivity index (χ1v) is 11.4. The van der Waals surface area contributed by atoms with Gasteiger partial charge in [0.05, 0.1) is 42.5 Å². The third-order valence-electron chi connectivity index (χ3n) is 5.32. The normalized spacial score (nSPS) is 14.0. The Bertz CT molecular complexity index is 1100. The molecule has 182 valence electrons. The van der Waals surface area contributed by atoms with Crippen molar-refractivity contribution in [1.82, 2.24) is 23.9 Å². The first kappa shape index (κ1) is 24.2. The van der Waals surface area contributed by atoms with Crippen molar-refractivity contribution >= 4 is 17.9 Å². The van der Waals surface area contributed by atoms with Gasteiger partial charge in [0.15, 0.2) is 0 Å². The molecule has 12 heteroatoms. The summed E-state index contributed by atoms with van der Waals surface area (Å²) in [7, 11) is 1.58. The Morgan fingerprint density at radius 2 is 2.06 bits per heavy atom. The number of rotatable bonds is 11. The topological polar surface area (TPSA) is 94.6 Å². The van der Waals surface area contributed by atoms with E-state index >= 15 is 0 Å². The minimum absolute atomic E-state index is 0.212. The number of carbonyl (C=O) groups is 1. The molecule has 1 unspecified atom stereocenters. The van der Waals surface area contributed by atoms with Crippen molar-refractivity contribution < 1.29 is 28.2 Å². The number of nitrogens with zero attached hydrogens (tertiary/aromatic N) is 5. The number of benzene rings is 1. The lowest BCUT2D eigenvalue weighted by Crippen LogP contribution is -2.33. The van der Waals surface area contributed by atoms with Crippen molar-refractivity contribution in [2.24, 2.45) is 0 Å². The molecule has 1 amide bonds. The third-order valence-corrected chi connectivity index (χ3v) is 6.12. The van der Waals surface area contributed by atoms with Gasteiger partial charge in [-0.15, -0.1) is 0 Å². The lowest BCUT2D eigenvalue weighted by molar-refractivity contribution is -0.134. The van der Waals surface area contributed by atoms with Crippen LogP contribution in [-0.4, -0.2) is 68.2 Å². The van der Waals surface area contributed by atoms with E-state index in [0.29, 0.717) is 42.5 Å². The molecular formula is C22H25F2N5O4S. The number of hydrogen-bond acceptors (Lipinski definition) is 7. The number of amides is 1. The SMILES string of the molecule is COCCOc1ccccc1C(CO)C(=O)N1Cc2cn(Sc3cnn(CC(F)F)c3)nc2C1. The van der Waals surface area contributed by atoms with Gasteiger partial charge in [-0.3, -0.25) is 9.48 Å². The fourth-order valence-electron chi connectivity index (χ4n) is 3.74. The number of hydrogen-bond donors (Lipinski definition) is 1. The second-order valence-electron chi connectivity index (χ2n) is 7.69. The molecule has 9 nitrogen and oxygen atoms in total. The summed E-state index contributed by atoms with van der Waals surface area (Å²) in [5.41, 5.74) is 2.27. The Kier molecular flexibility index (Phi) is 7.80. The Balaban J connectivity index is 1.41. The highest BCUT2D eigenvalue weighted by Crippen LogP contribution is 2.32. The van der Waals surface area contributed by atoms with Crippen molar-refractivity contribution in [3.8, 4) is 5.75 Å². The van der Waals surface area contributed by atoms with Crippen LogP contribution < -0.4 is 4.74 Å². The number of alkyl halides is 2. The van der Waals surface area contributed by atoms with Crippen LogP contribution in [0.5, 0.6) is 5.75 Å². The van der Waals surface area contributed by atoms with E-state index in [4.69, 9.17) is 9.47 Å². The average molecular weight is 494 g/mol. The minimum atomic E-state index is -2.47. The first-order chi connectivity index (χ1) is 16.5. The number of aliphatic hydroxyl groups excluding tert-OH is 1. The predicted molar refractivity (Wildman–Crippen MR) is 120 cm³/mol. The van der Waals surface area contributed by atoms with E-state index in [1.165, 1.54) is 29.0 Å². The number of aliphatic hydroxyl groups is 1. The van der Waals surface area contributed by atoms with Gasteiger partial charge in [-0.05, 0) is 6.07 Å². The van der Waals surface area contributed by atoms with E-state index < -0.39 is 18.9 Å². The molecule has 3 heterocycles. The minimum Gasteiger partial charge on any atom is -0.491 e. The molecular weight excluding hydrogens is 468 g/mol. The van der Waals surface area contributed by atoms with Gasteiger partial charge in [0.1, 0.15) is 18.9 Å². The molecule has 2 aromatic heterocycles. The van der Waals surface area contributed by atoms with E-state index in [1.54, 1.807) is 34.3 Å². The second kappa shape index (κ2) is 11.0. The van der Waals surface area contributed by atoms with Gasteiger partial charge in [0, 0.05) is 49.1 Å². The summed E-state index contributed by atoms with van der Waals surface area (Å²) in [5.74, 6) is -0.432. The molecule has 1 aromatic carbocycles. The fourth-order valence-corrected chi connectivity index (χ4v) is 4.53. The van der Waals surface area contributed by atoms with E-state index in [9.17, 15) is 18.7 Å². The van der Waals surface area contributed by atoms with E-state index in [2.05, 4.69) is 10.2 Å². The molecule has 1 atom stereocenters. The van der Waals surface area contributed by atoms with E-state index in [-0.39, 0.29) is 12.5 Å². The van der Waals surface area contributed by atoms with Gasteiger partial charge >= 0.3 is 0 Å². The zero-order chi connectivity index (χ0) is 24.1. The summed E-state index contributed by atoms with van der Waals surface area (Å²) in [5, 5.41) is 18.5. The van der Waals surface area contributed by atoms with Crippen LogP contribution in [0.2, 0.25) is 0 Å². The molecule has 0 saturated heterocycles. The molecule has 0 radical (unpaired) electrons. The Morgan fingerprint density at radius 3 is 2.79 bits per heavy atom. The molecule has 3 aromatic rings. The van der Waals surface area contributed by atoms with Crippen LogP contribution in [0.15, 0.2) is 47.8 Å². The zero-order valence-corrected chi connectivity index (χ0v) is 19.3. The summed E-state index contributed by atoms with van der Waals surface area (Å²) >= 11 is 1.26. The smallest absolute Gasteiger partial charge is 0.257 e. The van der Waals surface area contributed by atoms with E-state index in [1.807, 2.05) is 12.3 Å². The maximum absolute atomic E-state index is 13.3. The van der Waals surface area contributed by atoms with Crippen molar-refractivity contribution in [3.63, 3.8) is 0 Å². The Morgan fingerprint density at radius 1 is 1.24 bits per heavy atom. The molecule has 0 spiro atoms. The van der Waals surface area contributed by atoms with Crippen LogP contribution in [0.4, 0.5) is 8.78 Å². The number of aromatic nitrogens is 4. The number of fused-ring (bicyclic) bond motifs is 1. The van der Waals surface area contributed by atoms with Crippen LogP contribution in [0.3, 0.4) is 0 Å². The molecule has 0 aliphatic carbocycles. The highest BCUT2D eigenvalue weighted by molar-refractivity contribution is 7.97. The zero-order valence-electron chi connectivity index (χ0n) is 18.5. The summed E-state index contributed by atoms with van der Waals surface area (Å²) < 4.78 is 38.6. The first-order valence-electron chi connectivity index (χ1n) is 10.6. The monoisotopic (exact) mass is 493 g/mol. The van der Waals surface area contributed by atoms with Crippen LogP contribution in [-0.2, 0) is 29.2 Å². The maximum Gasteiger partial charge on any atom is 0.257 e. The third kappa shape index (κ3) is 5.57. The Labute approximate surface area is 199 Å². The highest BCUT2D eigenvalue weighted by Gasteiger charge is 2.33. The average Bonchev–Trinajstić information content (AvgIpc) is 3.50. The molecule has 1 aliphatic heterocycles. The molecule has 0 saturated carbocycles. The molecule has 1 N–H and O–H groups in total. The summed E-state index contributed by atoms with van der Waals surface area (Å²) in [6.07, 6.45) is 2.39. The molecule has 34 heavy (non-hydrogen) atoms. The summed E-state index contributed by atoms with van der Waals surface area (Å²) in [6.45, 7) is 0.615. The van der Waals surface area contributed by atoms with Gasteiger partial charge in [0.25, 0.3) is 6.43 Å². The number of carbonyl (C=O) groups excluding carboxylic acids is 1.